The minimum atomic E-state index is -3.34. The molecule has 4 nitrogen and oxygen atoms in total. The molecule has 0 unspecified atom stereocenters. The zero-order chi connectivity index (χ0) is 13.0. The third kappa shape index (κ3) is 3.49. The van der Waals surface area contributed by atoms with Crippen molar-refractivity contribution < 1.29 is 8.42 Å². The van der Waals surface area contributed by atoms with E-state index in [4.69, 9.17) is 0 Å². The summed E-state index contributed by atoms with van der Waals surface area (Å²) >= 11 is 0. The number of nitrogens with one attached hydrogen (secondary N) is 2. The van der Waals surface area contributed by atoms with Gasteiger partial charge in [-0.15, -0.1) is 5.92 Å². The van der Waals surface area contributed by atoms with Gasteiger partial charge in [-0.1, -0.05) is 5.92 Å². The van der Waals surface area contributed by atoms with Crippen LogP contribution in [0.3, 0.4) is 0 Å². The highest BCUT2D eigenvalue weighted by Gasteiger charge is 2.27. The van der Waals surface area contributed by atoms with Crippen molar-refractivity contribution in [3.8, 4) is 11.8 Å². The molecule has 0 aliphatic heterocycles. The Morgan fingerprint density at radius 2 is 1.94 bits per heavy atom. The second-order valence-electron chi connectivity index (χ2n) is 4.20. The number of rotatable bonds is 5. The van der Waals surface area contributed by atoms with Crippen molar-refractivity contribution in [1.82, 2.24) is 4.72 Å². The molecule has 96 valence electrons. The monoisotopic (exact) mass is 264 g/mol. The van der Waals surface area contributed by atoms with Gasteiger partial charge in [-0.2, -0.15) is 0 Å². The van der Waals surface area contributed by atoms with Crippen LogP contribution < -0.4 is 10.0 Å². The van der Waals surface area contributed by atoms with E-state index in [0.717, 1.165) is 18.5 Å². The van der Waals surface area contributed by atoms with Crippen LogP contribution in [0, 0.1) is 11.8 Å². The molecule has 1 aliphatic carbocycles. The zero-order valence-corrected chi connectivity index (χ0v) is 11.0. The van der Waals surface area contributed by atoms with E-state index >= 15 is 0 Å². The van der Waals surface area contributed by atoms with Gasteiger partial charge in [0.05, 0.1) is 11.4 Å². The molecule has 5 heteroatoms. The summed E-state index contributed by atoms with van der Waals surface area (Å²) in [6, 6.07) is 6.84. The lowest BCUT2D eigenvalue weighted by atomic mass is 10.3. The first-order chi connectivity index (χ1) is 8.62. The highest BCUT2D eigenvalue weighted by molar-refractivity contribution is 7.89. The normalized spacial score (nSPS) is 14.7. The van der Waals surface area contributed by atoms with Crippen molar-refractivity contribution in [1.29, 1.82) is 0 Å². The molecule has 0 radical (unpaired) electrons. The van der Waals surface area contributed by atoms with Crippen LogP contribution in [-0.2, 0) is 10.0 Å². The van der Waals surface area contributed by atoms with Gasteiger partial charge >= 0.3 is 0 Å². The van der Waals surface area contributed by atoms with Crippen molar-refractivity contribution in [3.63, 3.8) is 0 Å². The average Bonchev–Trinajstić information content (AvgIpc) is 3.13. The summed E-state index contributed by atoms with van der Waals surface area (Å²) in [5, 5.41) is 3.09. The third-order valence-corrected chi connectivity index (χ3v) is 4.16. The lowest BCUT2D eigenvalue weighted by molar-refractivity contribution is 0.581. The first-order valence-corrected chi connectivity index (χ1v) is 7.36. The third-order valence-electron chi connectivity index (χ3n) is 2.62. The van der Waals surface area contributed by atoms with Gasteiger partial charge in [0.15, 0.2) is 0 Å². The van der Waals surface area contributed by atoms with Crippen LogP contribution in [0.1, 0.15) is 19.8 Å². The van der Waals surface area contributed by atoms with E-state index < -0.39 is 10.0 Å². The minimum Gasteiger partial charge on any atom is -0.374 e. The molecular formula is C13H16N2O2S. The van der Waals surface area contributed by atoms with Crippen LogP contribution in [0.4, 0.5) is 5.69 Å². The Morgan fingerprint density at radius 3 is 2.50 bits per heavy atom. The fourth-order valence-electron chi connectivity index (χ4n) is 1.48. The van der Waals surface area contributed by atoms with Gasteiger partial charge in [-0.05, 0) is 44.0 Å². The van der Waals surface area contributed by atoms with E-state index in [1.54, 1.807) is 31.2 Å². The van der Waals surface area contributed by atoms with Crippen molar-refractivity contribution in [2.75, 3.05) is 11.9 Å². The minimum absolute atomic E-state index is 0.132. The topological polar surface area (TPSA) is 58.2 Å². The lowest BCUT2D eigenvalue weighted by Gasteiger charge is -2.07. The Hall–Kier alpha value is -1.51. The molecule has 0 saturated heterocycles. The van der Waals surface area contributed by atoms with Crippen molar-refractivity contribution >= 4 is 15.7 Å². The SMILES string of the molecule is CC#CCNc1ccc(S(=O)(=O)NC2CC2)cc1. The summed E-state index contributed by atoms with van der Waals surface area (Å²) in [4.78, 5) is 0.307. The van der Waals surface area contributed by atoms with Gasteiger partial charge in [0, 0.05) is 11.7 Å². The highest BCUT2D eigenvalue weighted by atomic mass is 32.2. The Balaban J connectivity index is 2.03. The van der Waals surface area contributed by atoms with Gasteiger partial charge < -0.3 is 5.32 Å². The maximum atomic E-state index is 11.9. The molecular weight excluding hydrogens is 248 g/mol. The van der Waals surface area contributed by atoms with Gasteiger partial charge in [0.25, 0.3) is 0 Å². The van der Waals surface area contributed by atoms with E-state index in [1.807, 2.05) is 0 Å². The highest BCUT2D eigenvalue weighted by Crippen LogP contribution is 2.22. The molecule has 1 aromatic carbocycles. The molecule has 1 fully saturated rings. The Bertz CT molecular complexity index is 563. The molecule has 0 bridgehead atoms. The van der Waals surface area contributed by atoms with E-state index in [-0.39, 0.29) is 6.04 Å². The van der Waals surface area contributed by atoms with Gasteiger partial charge in [-0.25, -0.2) is 13.1 Å². The first-order valence-electron chi connectivity index (χ1n) is 5.88. The maximum absolute atomic E-state index is 11.9. The molecule has 1 aromatic rings. The second kappa shape index (κ2) is 5.42. The molecule has 0 atom stereocenters. The molecule has 1 saturated carbocycles. The predicted octanol–water partition coefficient (Wildman–Crippen LogP) is 1.56. The van der Waals surface area contributed by atoms with Gasteiger partial charge in [-0.3, -0.25) is 0 Å². The second-order valence-corrected chi connectivity index (χ2v) is 5.91. The molecule has 0 spiro atoms. The molecule has 18 heavy (non-hydrogen) atoms. The van der Waals surface area contributed by atoms with E-state index in [1.165, 1.54) is 0 Å². The van der Waals surface area contributed by atoms with Crippen LogP contribution in [0.15, 0.2) is 29.2 Å². The van der Waals surface area contributed by atoms with Crippen LogP contribution in [0.2, 0.25) is 0 Å². The Labute approximate surface area is 108 Å². The smallest absolute Gasteiger partial charge is 0.240 e. The fourth-order valence-corrected chi connectivity index (χ4v) is 2.78. The Kier molecular flexibility index (Phi) is 3.90. The van der Waals surface area contributed by atoms with Crippen LogP contribution >= 0.6 is 0 Å². The Morgan fingerprint density at radius 1 is 1.28 bits per heavy atom. The molecule has 2 N–H and O–H groups in total. The largest absolute Gasteiger partial charge is 0.374 e. The number of hydrogen-bond donors (Lipinski definition) is 2. The lowest BCUT2D eigenvalue weighted by Crippen LogP contribution is -2.25. The summed E-state index contributed by atoms with van der Waals surface area (Å²) in [7, 11) is -3.34. The van der Waals surface area contributed by atoms with Gasteiger partial charge in [0.1, 0.15) is 0 Å². The van der Waals surface area contributed by atoms with Gasteiger partial charge in [0.2, 0.25) is 10.0 Å². The molecule has 2 rings (SSSR count). The zero-order valence-electron chi connectivity index (χ0n) is 10.2. The van der Waals surface area contributed by atoms with Crippen molar-refractivity contribution in [2.45, 2.75) is 30.7 Å². The van der Waals surface area contributed by atoms with Crippen LogP contribution in [-0.4, -0.2) is 21.0 Å². The molecule has 0 amide bonds. The fraction of sp³-hybridized carbons (Fsp3) is 0.385. The molecule has 0 aromatic heterocycles. The standard InChI is InChI=1S/C13H16N2O2S/c1-2-3-10-14-11-6-8-13(9-7-11)18(16,17)15-12-4-5-12/h6-9,12,14-15H,4-5,10H2,1H3. The molecule has 0 heterocycles. The first kappa shape index (κ1) is 12.9. The molecule has 1 aliphatic rings. The average molecular weight is 264 g/mol. The summed E-state index contributed by atoms with van der Waals surface area (Å²) < 4.78 is 26.4. The maximum Gasteiger partial charge on any atom is 0.240 e. The van der Waals surface area contributed by atoms with Crippen LogP contribution in [0.25, 0.3) is 0 Å². The summed E-state index contributed by atoms with van der Waals surface area (Å²) in [5.41, 5.74) is 0.864. The van der Waals surface area contributed by atoms with Crippen molar-refractivity contribution in [2.24, 2.45) is 0 Å². The quantitative estimate of drug-likeness (QED) is 0.794. The van der Waals surface area contributed by atoms with E-state index in [0.29, 0.717) is 11.4 Å². The van der Waals surface area contributed by atoms with Crippen LogP contribution in [0.5, 0.6) is 0 Å². The predicted molar refractivity (Wildman–Crippen MR) is 71.7 cm³/mol. The summed E-state index contributed by atoms with van der Waals surface area (Å²) in [6.45, 7) is 2.34. The van der Waals surface area contributed by atoms with Crippen molar-refractivity contribution in [3.05, 3.63) is 24.3 Å². The van der Waals surface area contributed by atoms with E-state index in [9.17, 15) is 8.42 Å². The van der Waals surface area contributed by atoms with E-state index in [2.05, 4.69) is 21.9 Å². The number of sulfonamides is 1. The number of hydrogen-bond acceptors (Lipinski definition) is 3. The summed E-state index contributed by atoms with van der Waals surface area (Å²) in [5.74, 6) is 5.67. The number of benzene rings is 1. The summed E-state index contributed by atoms with van der Waals surface area (Å²) in [6.07, 6.45) is 1.88. The number of anilines is 1.